The second kappa shape index (κ2) is 10.0. The van der Waals surface area contributed by atoms with Crippen molar-refractivity contribution in [3.63, 3.8) is 0 Å². The zero-order valence-corrected chi connectivity index (χ0v) is 15.3. The molecule has 7 heteroatoms. The van der Waals surface area contributed by atoms with Gasteiger partial charge in [0.1, 0.15) is 23.0 Å². The number of hydrogen-bond acceptors (Lipinski definition) is 5. The molecule has 140 valence electrons. The lowest BCUT2D eigenvalue weighted by atomic mass is 10.3. The third kappa shape index (κ3) is 6.08. The van der Waals surface area contributed by atoms with Crippen LogP contribution in [0.1, 0.15) is 6.42 Å². The predicted octanol–water partition coefficient (Wildman–Crippen LogP) is 2.91. The summed E-state index contributed by atoms with van der Waals surface area (Å²) in [6, 6.07) is 12.9. The summed E-state index contributed by atoms with van der Waals surface area (Å²) < 4.78 is 21.3. The van der Waals surface area contributed by atoms with Crippen LogP contribution in [0, 0.1) is 0 Å². The van der Waals surface area contributed by atoms with Crippen LogP contribution in [0.25, 0.3) is 0 Å². The third-order valence-electron chi connectivity index (χ3n) is 3.54. The van der Waals surface area contributed by atoms with Gasteiger partial charge in [-0.1, -0.05) is 0 Å². The molecule has 0 aliphatic heterocycles. The monoisotopic (exact) mass is 359 g/mol. The van der Waals surface area contributed by atoms with Gasteiger partial charge in [-0.15, -0.1) is 0 Å². The fraction of sp³-hybridized carbons (Fsp3) is 0.316. The summed E-state index contributed by atoms with van der Waals surface area (Å²) in [4.78, 5) is 4.28. The number of nitrogens with zero attached hydrogens (tertiary/aromatic N) is 1. The van der Waals surface area contributed by atoms with E-state index in [0.717, 1.165) is 17.9 Å². The van der Waals surface area contributed by atoms with Crippen LogP contribution >= 0.6 is 0 Å². The number of aliphatic imine (C=N–C) groups is 1. The van der Waals surface area contributed by atoms with Crippen LogP contribution < -0.4 is 30.0 Å². The minimum Gasteiger partial charge on any atom is -0.497 e. The molecule has 0 atom stereocenters. The van der Waals surface area contributed by atoms with Crippen LogP contribution in [-0.4, -0.2) is 40.4 Å². The molecule has 0 saturated carbocycles. The maximum Gasteiger partial charge on any atom is 0.193 e. The Balaban J connectivity index is 1.76. The van der Waals surface area contributed by atoms with E-state index in [0.29, 0.717) is 36.4 Å². The average molecular weight is 359 g/mol. The Morgan fingerprint density at radius 1 is 0.885 bits per heavy atom. The highest BCUT2D eigenvalue weighted by atomic mass is 16.5. The second-order valence-corrected chi connectivity index (χ2v) is 5.37. The smallest absolute Gasteiger partial charge is 0.193 e. The number of hydrogen-bond donors (Lipinski definition) is 2. The predicted molar refractivity (Wildman–Crippen MR) is 103 cm³/mol. The summed E-state index contributed by atoms with van der Waals surface area (Å²) in [5, 5.41) is 3.03. The summed E-state index contributed by atoms with van der Waals surface area (Å²) in [5.41, 5.74) is 6.73. The van der Waals surface area contributed by atoms with E-state index in [9.17, 15) is 0 Å². The number of nitrogens with one attached hydrogen (secondary N) is 1. The number of nitrogens with two attached hydrogens (primary N) is 1. The number of guanidine groups is 1. The Bertz CT molecular complexity index is 695. The van der Waals surface area contributed by atoms with E-state index in [1.54, 1.807) is 27.4 Å². The first kappa shape index (κ1) is 19.2. The van der Waals surface area contributed by atoms with Gasteiger partial charge in [0.05, 0.1) is 27.9 Å². The molecule has 0 fully saturated rings. The normalized spacial score (nSPS) is 11.0. The number of ether oxygens (including phenoxy) is 4. The Hall–Kier alpha value is -3.09. The molecular weight excluding hydrogens is 334 g/mol. The van der Waals surface area contributed by atoms with Gasteiger partial charge in [-0.3, -0.25) is 4.99 Å². The molecule has 0 bridgehead atoms. The highest BCUT2D eigenvalue weighted by Gasteiger charge is 2.03. The van der Waals surface area contributed by atoms with E-state index in [1.165, 1.54) is 0 Å². The third-order valence-corrected chi connectivity index (χ3v) is 3.54. The van der Waals surface area contributed by atoms with Crippen molar-refractivity contribution >= 4 is 11.6 Å². The number of methoxy groups -OCH3 is 3. The molecule has 0 spiro atoms. The Kier molecular flexibility index (Phi) is 7.42. The molecule has 2 aromatic carbocycles. The number of anilines is 1. The van der Waals surface area contributed by atoms with Crippen molar-refractivity contribution in [1.82, 2.24) is 0 Å². The summed E-state index contributed by atoms with van der Waals surface area (Å²) in [7, 11) is 4.83. The quantitative estimate of drug-likeness (QED) is 0.407. The van der Waals surface area contributed by atoms with Crippen molar-refractivity contribution in [2.45, 2.75) is 6.42 Å². The van der Waals surface area contributed by atoms with Gasteiger partial charge in [0.2, 0.25) is 0 Å². The van der Waals surface area contributed by atoms with E-state index in [2.05, 4.69) is 10.3 Å². The topological polar surface area (TPSA) is 87.3 Å². The first-order chi connectivity index (χ1) is 12.6. The highest BCUT2D eigenvalue weighted by Crippen LogP contribution is 2.27. The molecule has 0 aromatic heterocycles. The lowest BCUT2D eigenvalue weighted by Gasteiger charge is -2.10. The Labute approximate surface area is 153 Å². The van der Waals surface area contributed by atoms with Crippen molar-refractivity contribution in [3.8, 4) is 23.0 Å². The van der Waals surface area contributed by atoms with E-state index in [1.807, 2.05) is 36.4 Å². The van der Waals surface area contributed by atoms with Crippen LogP contribution in [0.5, 0.6) is 23.0 Å². The molecule has 0 aliphatic rings. The molecule has 0 saturated heterocycles. The number of rotatable bonds is 9. The molecule has 7 nitrogen and oxygen atoms in total. The molecule has 26 heavy (non-hydrogen) atoms. The minimum atomic E-state index is 0.359. The SMILES string of the molecule is COc1ccc(NC(N)=NCCCOc2cc(OC)cc(OC)c2)cc1. The maximum atomic E-state index is 5.88. The average Bonchev–Trinajstić information content (AvgIpc) is 2.68. The van der Waals surface area contributed by atoms with Crippen LogP contribution in [0.15, 0.2) is 47.5 Å². The van der Waals surface area contributed by atoms with Gasteiger partial charge in [0.25, 0.3) is 0 Å². The summed E-state index contributed by atoms with van der Waals surface area (Å²) in [6.07, 6.45) is 0.727. The van der Waals surface area contributed by atoms with Crippen LogP contribution in [-0.2, 0) is 0 Å². The molecule has 0 amide bonds. The van der Waals surface area contributed by atoms with Gasteiger partial charge in [0.15, 0.2) is 5.96 Å². The zero-order chi connectivity index (χ0) is 18.8. The molecule has 2 aromatic rings. The molecule has 3 N–H and O–H groups in total. The molecule has 0 heterocycles. The fourth-order valence-corrected chi connectivity index (χ4v) is 2.18. The molecule has 0 radical (unpaired) electrons. The highest BCUT2D eigenvalue weighted by molar-refractivity contribution is 5.92. The standard InChI is InChI=1S/C19H25N3O4/c1-23-15-7-5-14(6-8-15)22-19(20)21-9-4-10-26-18-12-16(24-2)11-17(13-18)25-3/h5-8,11-13H,4,9-10H2,1-3H3,(H3,20,21,22). The summed E-state index contributed by atoms with van der Waals surface area (Å²) in [6.45, 7) is 1.06. The largest absolute Gasteiger partial charge is 0.497 e. The van der Waals surface area contributed by atoms with Gasteiger partial charge in [0, 0.05) is 36.9 Å². The van der Waals surface area contributed by atoms with E-state index >= 15 is 0 Å². The van der Waals surface area contributed by atoms with Gasteiger partial charge < -0.3 is 30.0 Å². The molecular formula is C19H25N3O4. The van der Waals surface area contributed by atoms with E-state index in [-0.39, 0.29) is 0 Å². The van der Waals surface area contributed by atoms with Crippen molar-refractivity contribution in [1.29, 1.82) is 0 Å². The summed E-state index contributed by atoms with van der Waals surface area (Å²) >= 11 is 0. The van der Waals surface area contributed by atoms with Gasteiger partial charge >= 0.3 is 0 Å². The molecule has 0 aliphatic carbocycles. The zero-order valence-electron chi connectivity index (χ0n) is 15.3. The van der Waals surface area contributed by atoms with Gasteiger partial charge in [-0.25, -0.2) is 0 Å². The molecule has 0 unspecified atom stereocenters. The first-order valence-electron chi connectivity index (χ1n) is 8.21. The van der Waals surface area contributed by atoms with Crippen molar-refractivity contribution in [2.24, 2.45) is 10.7 Å². The minimum absolute atomic E-state index is 0.359. The molecule has 2 rings (SSSR count). The van der Waals surface area contributed by atoms with Gasteiger partial charge in [-0.2, -0.15) is 0 Å². The number of benzene rings is 2. The van der Waals surface area contributed by atoms with Crippen molar-refractivity contribution in [2.75, 3.05) is 39.8 Å². The lowest BCUT2D eigenvalue weighted by molar-refractivity contribution is 0.307. The van der Waals surface area contributed by atoms with Crippen molar-refractivity contribution in [3.05, 3.63) is 42.5 Å². The second-order valence-electron chi connectivity index (χ2n) is 5.37. The Morgan fingerprint density at radius 3 is 2.04 bits per heavy atom. The van der Waals surface area contributed by atoms with Crippen molar-refractivity contribution < 1.29 is 18.9 Å². The first-order valence-corrected chi connectivity index (χ1v) is 8.21. The maximum absolute atomic E-state index is 5.88. The Morgan fingerprint density at radius 2 is 1.46 bits per heavy atom. The summed E-state index contributed by atoms with van der Waals surface area (Å²) in [5.74, 6) is 3.21. The van der Waals surface area contributed by atoms with Crippen LogP contribution in [0.4, 0.5) is 5.69 Å². The van der Waals surface area contributed by atoms with E-state index in [4.69, 9.17) is 24.7 Å². The van der Waals surface area contributed by atoms with Crippen LogP contribution in [0.3, 0.4) is 0 Å². The lowest BCUT2D eigenvalue weighted by Crippen LogP contribution is -2.23. The van der Waals surface area contributed by atoms with E-state index < -0.39 is 0 Å². The van der Waals surface area contributed by atoms with Crippen LogP contribution in [0.2, 0.25) is 0 Å². The van der Waals surface area contributed by atoms with Gasteiger partial charge in [-0.05, 0) is 24.3 Å². The fourth-order valence-electron chi connectivity index (χ4n) is 2.18.